The number of carbonyl (C=O) groups excluding carboxylic acids is 1. The van der Waals surface area contributed by atoms with Gasteiger partial charge in [0.2, 0.25) is 0 Å². The lowest BCUT2D eigenvalue weighted by Crippen LogP contribution is -2.33. The number of hydrogen-bond acceptors (Lipinski definition) is 3. The van der Waals surface area contributed by atoms with Crippen LogP contribution in [0, 0.1) is 5.92 Å². The Kier molecular flexibility index (Phi) is 4.58. The molecule has 2 rings (SSSR count). The van der Waals surface area contributed by atoms with E-state index in [4.69, 9.17) is 4.74 Å². The van der Waals surface area contributed by atoms with Crippen LogP contribution in [0.2, 0.25) is 0 Å². The van der Waals surface area contributed by atoms with E-state index < -0.39 is 6.10 Å². The summed E-state index contributed by atoms with van der Waals surface area (Å²) in [5.74, 6) is 0.660. The Morgan fingerprint density at radius 2 is 2.26 bits per heavy atom. The molecule has 0 spiro atoms. The summed E-state index contributed by atoms with van der Waals surface area (Å²) in [6.07, 6.45) is 3.29. The van der Waals surface area contributed by atoms with Crippen molar-refractivity contribution in [3.8, 4) is 5.75 Å². The molecule has 0 saturated heterocycles. The molecule has 1 aromatic rings. The van der Waals surface area contributed by atoms with Gasteiger partial charge in [-0.25, -0.2) is 0 Å². The van der Waals surface area contributed by atoms with Gasteiger partial charge < -0.3 is 15.2 Å². The lowest BCUT2D eigenvalue weighted by atomic mass is 10.1. The maximum atomic E-state index is 12.0. The topological polar surface area (TPSA) is 58.6 Å². The maximum absolute atomic E-state index is 12.0. The Labute approximate surface area is 113 Å². The molecular formula is C15H19NO3. The van der Waals surface area contributed by atoms with E-state index in [0.29, 0.717) is 30.4 Å². The van der Waals surface area contributed by atoms with Gasteiger partial charge in [0.15, 0.2) is 0 Å². The molecular weight excluding hydrogens is 242 g/mol. The molecule has 0 radical (unpaired) electrons. The number of benzene rings is 1. The number of hydrogen-bond donors (Lipinski definition) is 2. The van der Waals surface area contributed by atoms with Crippen LogP contribution in [0.4, 0.5) is 0 Å². The SMILES string of the molecule is C=CCOc1ccccc1C(=O)NCC(O)C1CC1. The second-order valence-electron chi connectivity index (χ2n) is 4.71. The number of para-hydroxylation sites is 1. The van der Waals surface area contributed by atoms with Crippen LogP contribution in [-0.4, -0.2) is 30.3 Å². The summed E-state index contributed by atoms with van der Waals surface area (Å²) in [7, 11) is 0. The summed E-state index contributed by atoms with van der Waals surface area (Å²) in [6, 6.07) is 7.05. The smallest absolute Gasteiger partial charge is 0.255 e. The fourth-order valence-electron chi connectivity index (χ4n) is 1.87. The van der Waals surface area contributed by atoms with Gasteiger partial charge in [-0.05, 0) is 30.9 Å². The fourth-order valence-corrected chi connectivity index (χ4v) is 1.87. The molecule has 1 unspecified atom stereocenters. The first kappa shape index (κ1) is 13.6. The molecule has 1 aromatic carbocycles. The number of carbonyl (C=O) groups is 1. The fraction of sp³-hybridized carbons (Fsp3) is 0.400. The highest BCUT2D eigenvalue weighted by Crippen LogP contribution is 2.32. The van der Waals surface area contributed by atoms with Crippen molar-refractivity contribution in [2.75, 3.05) is 13.2 Å². The van der Waals surface area contributed by atoms with E-state index in [1.165, 1.54) is 0 Å². The standard InChI is InChI=1S/C15H19NO3/c1-2-9-19-14-6-4-3-5-12(14)15(18)16-10-13(17)11-7-8-11/h2-6,11,13,17H,1,7-10H2,(H,16,18). The van der Waals surface area contributed by atoms with E-state index in [1.807, 2.05) is 6.07 Å². The predicted molar refractivity (Wildman–Crippen MR) is 73.2 cm³/mol. The highest BCUT2D eigenvalue weighted by Gasteiger charge is 2.29. The minimum atomic E-state index is -0.440. The van der Waals surface area contributed by atoms with Crippen molar-refractivity contribution in [1.82, 2.24) is 5.32 Å². The van der Waals surface area contributed by atoms with Crippen molar-refractivity contribution in [3.63, 3.8) is 0 Å². The van der Waals surface area contributed by atoms with Gasteiger partial charge in [-0.15, -0.1) is 0 Å². The zero-order chi connectivity index (χ0) is 13.7. The molecule has 4 heteroatoms. The quantitative estimate of drug-likeness (QED) is 0.735. The lowest BCUT2D eigenvalue weighted by molar-refractivity contribution is 0.0897. The van der Waals surface area contributed by atoms with Gasteiger partial charge in [0.05, 0.1) is 11.7 Å². The predicted octanol–water partition coefficient (Wildman–Crippen LogP) is 1.75. The first-order valence-electron chi connectivity index (χ1n) is 6.51. The number of aliphatic hydroxyl groups excluding tert-OH is 1. The van der Waals surface area contributed by atoms with Gasteiger partial charge in [-0.3, -0.25) is 4.79 Å². The minimum Gasteiger partial charge on any atom is -0.489 e. The number of rotatable bonds is 7. The second-order valence-corrected chi connectivity index (χ2v) is 4.71. The molecule has 0 aromatic heterocycles. The molecule has 1 atom stereocenters. The maximum Gasteiger partial charge on any atom is 0.255 e. The molecule has 0 aliphatic heterocycles. The van der Waals surface area contributed by atoms with E-state index >= 15 is 0 Å². The molecule has 1 fully saturated rings. The third-order valence-electron chi connectivity index (χ3n) is 3.13. The monoisotopic (exact) mass is 261 g/mol. The normalized spacial score (nSPS) is 15.6. The molecule has 102 valence electrons. The minimum absolute atomic E-state index is 0.223. The van der Waals surface area contributed by atoms with Crippen LogP contribution in [0.1, 0.15) is 23.2 Å². The van der Waals surface area contributed by atoms with E-state index in [0.717, 1.165) is 12.8 Å². The summed E-state index contributed by atoms with van der Waals surface area (Å²) in [4.78, 5) is 12.0. The molecule has 1 amide bonds. The average molecular weight is 261 g/mol. The molecule has 0 heterocycles. The van der Waals surface area contributed by atoms with Gasteiger partial charge in [0, 0.05) is 6.54 Å². The van der Waals surface area contributed by atoms with E-state index in [-0.39, 0.29) is 5.91 Å². The summed E-state index contributed by atoms with van der Waals surface area (Å²) in [6.45, 7) is 4.22. The second kappa shape index (κ2) is 6.38. The van der Waals surface area contributed by atoms with Gasteiger partial charge in [0.1, 0.15) is 12.4 Å². The van der Waals surface area contributed by atoms with Crippen molar-refractivity contribution in [3.05, 3.63) is 42.5 Å². The van der Waals surface area contributed by atoms with Gasteiger partial charge in [0.25, 0.3) is 5.91 Å². The van der Waals surface area contributed by atoms with Crippen LogP contribution in [0.5, 0.6) is 5.75 Å². The Bertz CT molecular complexity index is 454. The Morgan fingerprint density at radius 3 is 2.95 bits per heavy atom. The first-order valence-corrected chi connectivity index (χ1v) is 6.51. The zero-order valence-corrected chi connectivity index (χ0v) is 10.8. The van der Waals surface area contributed by atoms with E-state index in [9.17, 15) is 9.90 Å². The zero-order valence-electron chi connectivity index (χ0n) is 10.8. The van der Waals surface area contributed by atoms with Gasteiger partial charge >= 0.3 is 0 Å². The van der Waals surface area contributed by atoms with Crippen LogP contribution in [0.3, 0.4) is 0 Å². The summed E-state index contributed by atoms with van der Waals surface area (Å²) >= 11 is 0. The molecule has 4 nitrogen and oxygen atoms in total. The van der Waals surface area contributed by atoms with Crippen molar-refractivity contribution in [2.24, 2.45) is 5.92 Å². The van der Waals surface area contributed by atoms with Crippen molar-refractivity contribution in [2.45, 2.75) is 18.9 Å². The number of amides is 1. The highest BCUT2D eigenvalue weighted by atomic mass is 16.5. The third kappa shape index (κ3) is 3.83. The Balaban J connectivity index is 1.94. The molecule has 2 N–H and O–H groups in total. The van der Waals surface area contributed by atoms with Crippen molar-refractivity contribution >= 4 is 5.91 Å². The summed E-state index contributed by atoms with van der Waals surface area (Å²) in [5.41, 5.74) is 0.479. The molecule has 1 aliphatic carbocycles. The largest absolute Gasteiger partial charge is 0.489 e. The lowest BCUT2D eigenvalue weighted by Gasteiger charge is -2.13. The summed E-state index contributed by atoms with van der Waals surface area (Å²) < 4.78 is 5.43. The molecule has 1 aliphatic rings. The summed E-state index contributed by atoms with van der Waals surface area (Å²) in [5, 5.41) is 12.5. The number of nitrogens with one attached hydrogen (secondary N) is 1. The highest BCUT2D eigenvalue weighted by molar-refractivity contribution is 5.96. The van der Waals surface area contributed by atoms with Crippen LogP contribution < -0.4 is 10.1 Å². The van der Waals surface area contributed by atoms with Crippen LogP contribution in [0.25, 0.3) is 0 Å². The molecule has 1 saturated carbocycles. The number of ether oxygens (including phenoxy) is 1. The first-order chi connectivity index (χ1) is 9.22. The Hall–Kier alpha value is -1.81. The van der Waals surface area contributed by atoms with Crippen LogP contribution in [-0.2, 0) is 0 Å². The number of aliphatic hydroxyl groups is 1. The van der Waals surface area contributed by atoms with Crippen molar-refractivity contribution in [1.29, 1.82) is 0 Å². The van der Waals surface area contributed by atoms with E-state index in [1.54, 1.807) is 24.3 Å². The van der Waals surface area contributed by atoms with Gasteiger partial charge in [-0.1, -0.05) is 24.8 Å². The molecule has 19 heavy (non-hydrogen) atoms. The molecule has 0 bridgehead atoms. The average Bonchev–Trinajstić information content (AvgIpc) is 3.27. The van der Waals surface area contributed by atoms with E-state index in [2.05, 4.69) is 11.9 Å². The van der Waals surface area contributed by atoms with Crippen molar-refractivity contribution < 1.29 is 14.6 Å². The van der Waals surface area contributed by atoms with Crippen LogP contribution in [0.15, 0.2) is 36.9 Å². The van der Waals surface area contributed by atoms with Crippen LogP contribution >= 0.6 is 0 Å². The third-order valence-corrected chi connectivity index (χ3v) is 3.13. The van der Waals surface area contributed by atoms with Gasteiger partial charge in [-0.2, -0.15) is 0 Å². The Morgan fingerprint density at radius 1 is 1.53 bits per heavy atom.